The Morgan fingerprint density at radius 3 is 1.62 bits per heavy atom. The fraction of sp³-hybridized carbons (Fsp3) is 0.333. The van der Waals surface area contributed by atoms with Gasteiger partial charge in [-0.3, -0.25) is 8.37 Å². The van der Waals surface area contributed by atoms with Crippen molar-refractivity contribution >= 4 is 11.4 Å². The first-order valence-corrected chi connectivity index (χ1v) is 8.80. The molecule has 0 bridgehead atoms. The molecule has 6 heteroatoms. The second kappa shape index (κ2) is 9.01. The van der Waals surface area contributed by atoms with Crippen LogP contribution >= 0.6 is 0 Å². The quantitative estimate of drug-likeness (QED) is 0.655. The first-order valence-electron chi connectivity index (χ1n) is 7.80. The van der Waals surface area contributed by atoms with Gasteiger partial charge in [0.2, 0.25) is 0 Å². The first kappa shape index (κ1) is 18.7. The highest BCUT2D eigenvalue weighted by Gasteiger charge is 2.20. The van der Waals surface area contributed by atoms with Crippen molar-refractivity contribution in [3.63, 3.8) is 0 Å². The minimum atomic E-state index is -2.04. The molecule has 0 N–H and O–H groups in total. The Balaban J connectivity index is 2.04. The zero-order chi connectivity index (χ0) is 17.5. The molecule has 0 saturated heterocycles. The molecule has 0 amide bonds. The van der Waals surface area contributed by atoms with Crippen molar-refractivity contribution in [2.24, 2.45) is 0 Å². The van der Waals surface area contributed by atoms with Gasteiger partial charge in [-0.05, 0) is 48.2 Å². The van der Waals surface area contributed by atoms with Crippen molar-refractivity contribution < 1.29 is 21.4 Å². The predicted molar refractivity (Wildman–Crippen MR) is 89.2 cm³/mol. The molecular weight excluding hydrogens is 334 g/mol. The van der Waals surface area contributed by atoms with Crippen LogP contribution in [0.15, 0.2) is 48.5 Å². The molecule has 2 aromatic rings. The summed E-state index contributed by atoms with van der Waals surface area (Å²) >= 11 is -2.04. The average molecular weight is 354 g/mol. The maximum absolute atomic E-state index is 13.3. The van der Waals surface area contributed by atoms with Crippen LogP contribution in [0.2, 0.25) is 0 Å². The van der Waals surface area contributed by atoms with Gasteiger partial charge in [-0.25, -0.2) is 8.78 Å². The highest BCUT2D eigenvalue weighted by Crippen LogP contribution is 2.27. The Morgan fingerprint density at radius 2 is 1.29 bits per heavy atom. The van der Waals surface area contributed by atoms with E-state index >= 15 is 0 Å². The number of rotatable bonds is 8. The smallest absolute Gasteiger partial charge is 0.260 e. The van der Waals surface area contributed by atoms with E-state index in [1.165, 1.54) is 24.3 Å². The van der Waals surface area contributed by atoms with Gasteiger partial charge in [-0.2, -0.15) is 4.21 Å². The largest absolute Gasteiger partial charge is 0.305 e. The third-order valence-electron chi connectivity index (χ3n) is 3.57. The van der Waals surface area contributed by atoms with E-state index in [1.807, 2.05) is 13.8 Å². The van der Waals surface area contributed by atoms with Gasteiger partial charge in [-0.15, -0.1) is 0 Å². The molecule has 130 valence electrons. The lowest BCUT2D eigenvalue weighted by atomic mass is 10.1. The molecule has 0 radical (unpaired) electrons. The van der Waals surface area contributed by atoms with E-state index in [2.05, 4.69) is 0 Å². The lowest BCUT2D eigenvalue weighted by Crippen LogP contribution is -2.12. The van der Waals surface area contributed by atoms with Gasteiger partial charge in [0, 0.05) is 0 Å². The summed E-state index contributed by atoms with van der Waals surface area (Å²) in [6.07, 6.45) is -0.0805. The molecule has 0 fully saturated rings. The molecule has 2 aromatic carbocycles. The zero-order valence-electron chi connectivity index (χ0n) is 13.6. The second-order valence-electron chi connectivity index (χ2n) is 5.30. The molecule has 0 aliphatic heterocycles. The molecule has 0 aliphatic rings. The molecule has 0 aliphatic carbocycles. The molecule has 2 unspecified atom stereocenters. The van der Waals surface area contributed by atoms with Gasteiger partial charge in [-0.1, -0.05) is 38.1 Å². The zero-order valence-corrected chi connectivity index (χ0v) is 14.4. The third-order valence-corrected chi connectivity index (χ3v) is 4.35. The van der Waals surface area contributed by atoms with E-state index in [1.54, 1.807) is 24.3 Å². The molecule has 0 spiro atoms. The second-order valence-corrected chi connectivity index (χ2v) is 6.09. The summed E-state index contributed by atoms with van der Waals surface area (Å²) in [6.45, 7) is 3.69. The molecule has 3 nitrogen and oxygen atoms in total. The minimum absolute atomic E-state index is 0.382. The molecule has 2 rings (SSSR count). The van der Waals surface area contributed by atoms with Crippen molar-refractivity contribution in [3.05, 3.63) is 71.3 Å². The topological polar surface area (TPSA) is 35.5 Å². The molecular formula is C18H20F2O3S. The van der Waals surface area contributed by atoms with Gasteiger partial charge < -0.3 is 0 Å². The lowest BCUT2D eigenvalue weighted by molar-refractivity contribution is 0.143. The van der Waals surface area contributed by atoms with Gasteiger partial charge in [0.05, 0.1) is 0 Å². The van der Waals surface area contributed by atoms with E-state index in [0.29, 0.717) is 24.0 Å². The van der Waals surface area contributed by atoms with Gasteiger partial charge in [0.15, 0.2) is 0 Å². The van der Waals surface area contributed by atoms with Crippen molar-refractivity contribution in [2.45, 2.75) is 38.9 Å². The highest BCUT2D eigenvalue weighted by atomic mass is 32.2. The standard InChI is InChI=1S/C18H20F2O3S/c1-3-17(13-7-5-9-15(19)11-13)22-24(21)23-18(4-2)14-8-6-10-16(20)12-14/h5-12,17-18H,3-4H2,1-2H3. The fourth-order valence-corrected chi connectivity index (χ4v) is 3.26. The van der Waals surface area contributed by atoms with Crippen molar-refractivity contribution in [2.75, 3.05) is 0 Å². The third kappa shape index (κ3) is 5.19. The van der Waals surface area contributed by atoms with Crippen LogP contribution in [0.25, 0.3) is 0 Å². The summed E-state index contributed by atoms with van der Waals surface area (Å²) in [5.74, 6) is -0.764. The Labute approximate surface area is 143 Å². The monoisotopic (exact) mass is 354 g/mol. The van der Waals surface area contributed by atoms with Gasteiger partial charge >= 0.3 is 11.4 Å². The summed E-state index contributed by atoms with van der Waals surface area (Å²) in [4.78, 5) is 0. The Morgan fingerprint density at radius 1 is 0.875 bits per heavy atom. The number of benzene rings is 2. The average Bonchev–Trinajstić information content (AvgIpc) is 2.57. The van der Waals surface area contributed by atoms with Crippen LogP contribution in [0.3, 0.4) is 0 Å². The SMILES string of the molecule is CCC(OS(=O)OC(CC)c1cccc(F)c1)c1cccc(F)c1. The van der Waals surface area contributed by atoms with Crippen LogP contribution in [0.1, 0.15) is 50.0 Å². The van der Waals surface area contributed by atoms with Crippen molar-refractivity contribution in [3.8, 4) is 0 Å². The molecule has 24 heavy (non-hydrogen) atoms. The van der Waals surface area contributed by atoms with E-state index in [0.717, 1.165) is 0 Å². The van der Waals surface area contributed by atoms with Crippen LogP contribution < -0.4 is 0 Å². The maximum atomic E-state index is 13.3. The Bertz CT molecular complexity index is 636. The number of hydrogen-bond acceptors (Lipinski definition) is 3. The Hall–Kier alpha value is -1.63. The van der Waals surface area contributed by atoms with Crippen LogP contribution in [-0.2, 0) is 19.7 Å². The fourth-order valence-electron chi connectivity index (χ4n) is 2.34. The van der Waals surface area contributed by atoms with E-state index in [4.69, 9.17) is 8.37 Å². The van der Waals surface area contributed by atoms with E-state index in [-0.39, 0.29) is 11.6 Å². The van der Waals surface area contributed by atoms with Gasteiger partial charge in [0.25, 0.3) is 0 Å². The summed E-state index contributed by atoms with van der Waals surface area (Å²) < 4.78 is 49.7. The Kier molecular flexibility index (Phi) is 7.02. The van der Waals surface area contributed by atoms with E-state index in [9.17, 15) is 13.0 Å². The summed E-state index contributed by atoms with van der Waals surface area (Å²) in [6, 6.07) is 11.9. The minimum Gasteiger partial charge on any atom is -0.260 e. The first-order chi connectivity index (χ1) is 11.5. The molecule has 0 aromatic heterocycles. The normalized spacial score (nSPS) is 15.0. The summed E-state index contributed by atoms with van der Waals surface area (Å²) in [5, 5.41) is 0. The van der Waals surface area contributed by atoms with Crippen LogP contribution in [0, 0.1) is 11.6 Å². The summed E-state index contributed by atoms with van der Waals surface area (Å²) in [7, 11) is 0. The van der Waals surface area contributed by atoms with Crippen LogP contribution in [0.4, 0.5) is 8.78 Å². The van der Waals surface area contributed by atoms with Gasteiger partial charge in [0.1, 0.15) is 23.8 Å². The van der Waals surface area contributed by atoms with Crippen molar-refractivity contribution in [1.82, 2.24) is 0 Å². The summed E-state index contributed by atoms with van der Waals surface area (Å²) in [5.41, 5.74) is 1.18. The van der Waals surface area contributed by atoms with Crippen molar-refractivity contribution in [1.29, 1.82) is 0 Å². The highest BCUT2D eigenvalue weighted by molar-refractivity contribution is 7.75. The predicted octanol–water partition coefficient (Wildman–Crippen LogP) is 5.18. The lowest BCUT2D eigenvalue weighted by Gasteiger charge is -2.19. The van der Waals surface area contributed by atoms with Crippen LogP contribution in [-0.4, -0.2) is 4.21 Å². The molecule has 0 heterocycles. The van der Waals surface area contributed by atoms with E-state index < -0.39 is 23.6 Å². The molecule has 0 saturated carbocycles. The number of halogens is 2. The number of hydrogen-bond donors (Lipinski definition) is 0. The molecule has 2 atom stereocenters. The van der Waals surface area contributed by atoms with Crippen LogP contribution in [0.5, 0.6) is 0 Å². The maximum Gasteiger partial charge on any atom is 0.305 e.